The summed E-state index contributed by atoms with van der Waals surface area (Å²) >= 11 is 0. The largest absolute Gasteiger partial charge is 0.480 e. The van der Waals surface area contributed by atoms with Crippen molar-refractivity contribution in [3.05, 3.63) is 0 Å². The minimum absolute atomic E-state index is 0. The maximum Gasteiger partial charge on any atom is 0.323 e. The molecule has 0 amide bonds. The van der Waals surface area contributed by atoms with Gasteiger partial charge in [-0.3, -0.25) is 9.59 Å². The molecule has 0 rings (SSSR count). The molecule has 0 saturated carbocycles. The minimum atomic E-state index is -1.43. The van der Waals surface area contributed by atoms with E-state index < -0.39 is 23.0 Å². The van der Waals surface area contributed by atoms with Crippen LogP contribution in [-0.4, -0.2) is 33.2 Å². The normalized spacial score (nSPS) is 18.1. The fraction of sp³-hybridized carbons (Fsp3) is 0.750. The molecule has 0 heterocycles. The number of aliphatic carboxylic acids is 2. The Morgan fingerprint density at radius 1 is 1.00 bits per heavy atom. The third-order valence-electron chi connectivity index (χ3n) is 2.14. The van der Waals surface area contributed by atoms with Crippen LogP contribution in [0.4, 0.5) is 0 Å². The van der Waals surface area contributed by atoms with Crippen molar-refractivity contribution < 1.29 is 19.8 Å². The average Bonchev–Trinajstić information content (AvgIpc) is 2.01. The van der Waals surface area contributed by atoms with Gasteiger partial charge in [0.2, 0.25) is 0 Å². The van der Waals surface area contributed by atoms with Crippen molar-refractivity contribution in [3.63, 3.8) is 0 Å². The minimum Gasteiger partial charge on any atom is -0.480 e. The van der Waals surface area contributed by atoms with Gasteiger partial charge in [0.1, 0.15) is 11.1 Å². The van der Waals surface area contributed by atoms with Crippen molar-refractivity contribution in [1.29, 1.82) is 0 Å². The molecule has 6 N–H and O–H groups in total. The predicted octanol–water partition coefficient (Wildman–Crippen LogP) is -0.208. The van der Waals surface area contributed by atoms with Gasteiger partial charge in [-0.25, -0.2) is 0 Å². The van der Waals surface area contributed by atoms with Crippen LogP contribution in [0, 0.1) is 0 Å². The smallest absolute Gasteiger partial charge is 0.323 e. The van der Waals surface area contributed by atoms with Gasteiger partial charge in [0.15, 0.2) is 0 Å². The predicted molar refractivity (Wildman–Crippen MR) is 56.9 cm³/mol. The van der Waals surface area contributed by atoms with E-state index in [0.717, 1.165) is 0 Å². The van der Waals surface area contributed by atoms with E-state index in [-0.39, 0.29) is 25.2 Å². The topological polar surface area (TPSA) is 127 Å². The zero-order valence-electron chi connectivity index (χ0n) is 8.69. The standard InChI is InChI=1S/C8H16N2O4.ClH/c1-7(9,5(11)12)3-4-8(2,10)6(13)14;/h3-4,9-10H2,1-2H3,(H,11,12)(H,13,14);1H. The zero-order chi connectivity index (χ0) is 11.6. The van der Waals surface area contributed by atoms with Gasteiger partial charge >= 0.3 is 11.9 Å². The number of hydrogen-bond donors (Lipinski definition) is 4. The summed E-state index contributed by atoms with van der Waals surface area (Å²) in [5.74, 6) is -2.34. The van der Waals surface area contributed by atoms with Gasteiger partial charge in [-0.2, -0.15) is 0 Å². The summed E-state index contributed by atoms with van der Waals surface area (Å²) in [4.78, 5) is 21.2. The lowest BCUT2D eigenvalue weighted by molar-refractivity contribution is -0.146. The molecule has 0 fully saturated rings. The Labute approximate surface area is 94.0 Å². The molecule has 0 radical (unpaired) electrons. The highest BCUT2D eigenvalue weighted by Gasteiger charge is 2.34. The van der Waals surface area contributed by atoms with Gasteiger partial charge in [0.05, 0.1) is 0 Å². The molecule has 0 aliphatic heterocycles. The van der Waals surface area contributed by atoms with E-state index in [1.807, 2.05) is 0 Å². The van der Waals surface area contributed by atoms with Gasteiger partial charge in [-0.15, -0.1) is 12.4 Å². The lowest BCUT2D eigenvalue weighted by Crippen LogP contribution is -2.50. The summed E-state index contributed by atoms with van der Waals surface area (Å²) in [7, 11) is 0. The lowest BCUT2D eigenvalue weighted by Gasteiger charge is -2.25. The molecule has 0 aliphatic rings. The van der Waals surface area contributed by atoms with Gasteiger partial charge in [0, 0.05) is 0 Å². The van der Waals surface area contributed by atoms with Crippen LogP contribution in [0.3, 0.4) is 0 Å². The Morgan fingerprint density at radius 2 is 1.20 bits per heavy atom. The first kappa shape index (κ1) is 16.6. The molecule has 2 unspecified atom stereocenters. The molecule has 90 valence electrons. The quantitative estimate of drug-likeness (QED) is 0.527. The first-order chi connectivity index (χ1) is 6.09. The summed E-state index contributed by atoms with van der Waals surface area (Å²) in [6.07, 6.45) is 0.0310. The molecule has 7 heteroatoms. The first-order valence-electron chi connectivity index (χ1n) is 4.14. The molecule has 0 aliphatic carbocycles. The number of carboxylic acid groups (broad SMARTS) is 2. The molecule has 6 nitrogen and oxygen atoms in total. The van der Waals surface area contributed by atoms with Gasteiger partial charge in [-0.1, -0.05) is 0 Å². The molecule has 2 atom stereocenters. The second kappa shape index (κ2) is 5.29. The first-order valence-corrected chi connectivity index (χ1v) is 4.14. The molecular formula is C8H17ClN2O4. The Hall–Kier alpha value is -0.850. The maximum atomic E-state index is 10.6. The second-order valence-electron chi connectivity index (χ2n) is 3.95. The van der Waals surface area contributed by atoms with Gasteiger partial charge in [0.25, 0.3) is 0 Å². The summed E-state index contributed by atoms with van der Waals surface area (Å²) in [6.45, 7) is 2.65. The molecule has 15 heavy (non-hydrogen) atoms. The molecular weight excluding hydrogens is 224 g/mol. The highest BCUT2D eigenvalue weighted by molar-refractivity contribution is 5.85. The highest BCUT2D eigenvalue weighted by atomic mass is 35.5. The number of halogens is 1. The van der Waals surface area contributed by atoms with Crippen LogP contribution in [0.15, 0.2) is 0 Å². The summed E-state index contributed by atoms with van der Waals surface area (Å²) in [5.41, 5.74) is 7.97. The van der Waals surface area contributed by atoms with Crippen LogP contribution in [0.5, 0.6) is 0 Å². The average molecular weight is 241 g/mol. The van der Waals surface area contributed by atoms with E-state index in [1.54, 1.807) is 0 Å². The van der Waals surface area contributed by atoms with Crippen molar-refractivity contribution in [2.24, 2.45) is 11.5 Å². The molecule has 0 aromatic rings. The third kappa shape index (κ3) is 4.96. The Bertz CT molecular complexity index is 227. The highest BCUT2D eigenvalue weighted by Crippen LogP contribution is 2.16. The van der Waals surface area contributed by atoms with Crippen LogP contribution in [0.2, 0.25) is 0 Å². The summed E-state index contributed by atoms with van der Waals surface area (Å²) in [6, 6.07) is 0. The fourth-order valence-electron chi connectivity index (χ4n) is 0.733. The van der Waals surface area contributed by atoms with Crippen molar-refractivity contribution in [2.45, 2.75) is 37.8 Å². The number of hydrogen-bond acceptors (Lipinski definition) is 4. The number of carbonyl (C=O) groups is 2. The van der Waals surface area contributed by atoms with Crippen molar-refractivity contribution >= 4 is 24.3 Å². The molecule has 0 aromatic carbocycles. The Kier molecular flexibility index (Phi) is 5.85. The van der Waals surface area contributed by atoms with Crippen molar-refractivity contribution in [3.8, 4) is 0 Å². The van der Waals surface area contributed by atoms with E-state index in [0.29, 0.717) is 0 Å². The maximum absolute atomic E-state index is 10.6. The SMILES string of the molecule is CC(N)(CCC(C)(N)C(=O)O)C(=O)O.Cl. The second-order valence-corrected chi connectivity index (χ2v) is 3.95. The van der Waals surface area contributed by atoms with E-state index in [9.17, 15) is 9.59 Å². The summed E-state index contributed by atoms with van der Waals surface area (Å²) < 4.78 is 0. The summed E-state index contributed by atoms with van der Waals surface area (Å²) in [5, 5.41) is 17.3. The monoisotopic (exact) mass is 240 g/mol. The Morgan fingerprint density at radius 3 is 1.33 bits per heavy atom. The molecule has 0 saturated heterocycles. The van der Waals surface area contributed by atoms with Crippen molar-refractivity contribution in [1.82, 2.24) is 0 Å². The van der Waals surface area contributed by atoms with Gasteiger partial charge < -0.3 is 21.7 Å². The van der Waals surface area contributed by atoms with E-state index in [1.165, 1.54) is 13.8 Å². The van der Waals surface area contributed by atoms with Crippen molar-refractivity contribution in [2.75, 3.05) is 0 Å². The van der Waals surface area contributed by atoms with E-state index in [2.05, 4.69) is 0 Å². The van der Waals surface area contributed by atoms with Gasteiger partial charge in [-0.05, 0) is 26.7 Å². The third-order valence-corrected chi connectivity index (χ3v) is 2.14. The molecule has 0 aromatic heterocycles. The Balaban J connectivity index is 0. The number of carboxylic acids is 2. The van der Waals surface area contributed by atoms with Crippen LogP contribution in [0.25, 0.3) is 0 Å². The van der Waals surface area contributed by atoms with Crippen LogP contribution < -0.4 is 11.5 Å². The van der Waals surface area contributed by atoms with E-state index in [4.69, 9.17) is 21.7 Å². The lowest BCUT2D eigenvalue weighted by atomic mass is 9.88. The fourth-order valence-corrected chi connectivity index (χ4v) is 0.733. The zero-order valence-corrected chi connectivity index (χ0v) is 9.50. The van der Waals surface area contributed by atoms with E-state index >= 15 is 0 Å². The number of nitrogens with two attached hydrogens (primary N) is 2. The van der Waals surface area contributed by atoms with Crippen LogP contribution >= 0.6 is 12.4 Å². The van der Waals surface area contributed by atoms with Crippen LogP contribution in [-0.2, 0) is 9.59 Å². The number of rotatable bonds is 5. The van der Waals surface area contributed by atoms with Crippen LogP contribution in [0.1, 0.15) is 26.7 Å². The molecule has 0 bridgehead atoms. The molecule has 0 spiro atoms.